The minimum Gasteiger partial charge on any atom is -0.339 e. The lowest BCUT2D eigenvalue weighted by Gasteiger charge is -2.30. The maximum absolute atomic E-state index is 13.2. The lowest BCUT2D eigenvalue weighted by atomic mass is 10.0. The third-order valence-corrected chi connectivity index (χ3v) is 3.39. The second kappa shape index (κ2) is 5.14. The molecule has 0 unspecified atom stereocenters. The van der Waals surface area contributed by atoms with Crippen molar-refractivity contribution >= 4 is 21.8 Å². The number of carbonyl (C=O) groups excluding carboxylic acids is 1. The number of amides is 1. The number of hydrogen-bond acceptors (Lipinski definition) is 2. The summed E-state index contributed by atoms with van der Waals surface area (Å²) in [5.74, 6) is -0.534. The van der Waals surface area contributed by atoms with Crippen LogP contribution in [0.25, 0.3) is 0 Å². The molecule has 0 radical (unpaired) electrons. The molecular formula is C12H14BrFN2O. The van der Waals surface area contributed by atoms with Crippen molar-refractivity contribution in [3.63, 3.8) is 0 Å². The van der Waals surface area contributed by atoms with Gasteiger partial charge in [0.15, 0.2) is 0 Å². The summed E-state index contributed by atoms with van der Waals surface area (Å²) in [4.78, 5) is 13.8. The van der Waals surface area contributed by atoms with Gasteiger partial charge in [-0.2, -0.15) is 0 Å². The molecule has 0 atom stereocenters. The number of likely N-dealkylation sites (tertiary alicyclic amines) is 1. The molecule has 0 bridgehead atoms. The molecule has 2 rings (SSSR count). The summed E-state index contributed by atoms with van der Waals surface area (Å²) >= 11 is 3.18. The highest BCUT2D eigenvalue weighted by Gasteiger charge is 2.22. The summed E-state index contributed by atoms with van der Waals surface area (Å²) in [6.45, 7) is 1.29. The van der Waals surface area contributed by atoms with E-state index in [0.717, 1.165) is 12.8 Å². The molecule has 5 heteroatoms. The van der Waals surface area contributed by atoms with Crippen LogP contribution in [0.2, 0.25) is 0 Å². The Morgan fingerprint density at radius 2 is 2.00 bits per heavy atom. The molecule has 0 aliphatic carbocycles. The van der Waals surface area contributed by atoms with Crippen molar-refractivity contribution in [2.75, 3.05) is 13.1 Å². The monoisotopic (exact) mass is 300 g/mol. The molecule has 17 heavy (non-hydrogen) atoms. The Balaban J connectivity index is 2.14. The number of benzene rings is 1. The summed E-state index contributed by atoms with van der Waals surface area (Å²) in [6, 6.07) is 4.42. The van der Waals surface area contributed by atoms with Crippen LogP contribution in [0, 0.1) is 5.82 Å². The molecule has 1 aliphatic heterocycles. The zero-order valence-electron chi connectivity index (χ0n) is 9.33. The predicted molar refractivity (Wildman–Crippen MR) is 67.2 cm³/mol. The van der Waals surface area contributed by atoms with Crippen LogP contribution in [-0.2, 0) is 0 Å². The summed E-state index contributed by atoms with van der Waals surface area (Å²) in [5, 5.41) is 0. The first-order valence-electron chi connectivity index (χ1n) is 5.57. The zero-order valence-corrected chi connectivity index (χ0v) is 10.9. The third-order valence-electron chi connectivity index (χ3n) is 2.94. The van der Waals surface area contributed by atoms with Gasteiger partial charge in [0.1, 0.15) is 5.82 Å². The smallest absolute Gasteiger partial charge is 0.253 e. The van der Waals surface area contributed by atoms with E-state index in [-0.39, 0.29) is 11.9 Å². The van der Waals surface area contributed by atoms with E-state index >= 15 is 0 Å². The van der Waals surface area contributed by atoms with Crippen molar-refractivity contribution in [2.45, 2.75) is 18.9 Å². The average Bonchev–Trinajstić information content (AvgIpc) is 2.28. The van der Waals surface area contributed by atoms with Crippen molar-refractivity contribution in [3.8, 4) is 0 Å². The summed E-state index contributed by atoms with van der Waals surface area (Å²) in [6.07, 6.45) is 1.62. The van der Waals surface area contributed by atoms with Crippen molar-refractivity contribution < 1.29 is 9.18 Å². The lowest BCUT2D eigenvalue weighted by molar-refractivity contribution is 0.0714. The molecule has 0 aromatic heterocycles. The van der Waals surface area contributed by atoms with Crippen LogP contribution < -0.4 is 5.73 Å². The van der Waals surface area contributed by atoms with Crippen LogP contribution in [0.15, 0.2) is 22.7 Å². The van der Waals surface area contributed by atoms with Gasteiger partial charge in [0.2, 0.25) is 0 Å². The van der Waals surface area contributed by atoms with Gasteiger partial charge in [-0.1, -0.05) is 15.9 Å². The molecule has 2 N–H and O–H groups in total. The number of nitrogens with two attached hydrogens (primary N) is 1. The fourth-order valence-electron chi connectivity index (χ4n) is 1.96. The van der Waals surface area contributed by atoms with Crippen LogP contribution in [0.4, 0.5) is 4.39 Å². The van der Waals surface area contributed by atoms with Gasteiger partial charge >= 0.3 is 0 Å². The van der Waals surface area contributed by atoms with Crippen LogP contribution in [0.3, 0.4) is 0 Å². The van der Waals surface area contributed by atoms with Crippen molar-refractivity contribution in [1.82, 2.24) is 4.90 Å². The highest BCUT2D eigenvalue weighted by atomic mass is 79.9. The normalized spacial score (nSPS) is 17.2. The summed E-state index contributed by atoms with van der Waals surface area (Å²) in [5.41, 5.74) is 6.16. The molecule has 0 spiro atoms. The molecule has 1 aliphatic rings. The Hall–Kier alpha value is -0.940. The van der Waals surface area contributed by atoms with Crippen molar-refractivity contribution in [2.24, 2.45) is 5.73 Å². The topological polar surface area (TPSA) is 46.3 Å². The Labute approximate surface area is 108 Å². The molecule has 1 saturated heterocycles. The first-order chi connectivity index (χ1) is 8.06. The van der Waals surface area contributed by atoms with E-state index in [9.17, 15) is 9.18 Å². The Morgan fingerprint density at radius 3 is 2.59 bits per heavy atom. The summed E-state index contributed by atoms with van der Waals surface area (Å²) < 4.78 is 13.8. The Bertz CT molecular complexity index is 410. The van der Waals surface area contributed by atoms with Gasteiger partial charge in [-0.05, 0) is 31.0 Å². The molecular weight excluding hydrogens is 287 g/mol. The van der Waals surface area contributed by atoms with Crippen LogP contribution in [0.5, 0.6) is 0 Å². The number of halogens is 2. The average molecular weight is 301 g/mol. The molecule has 1 aromatic rings. The number of rotatable bonds is 1. The fourth-order valence-corrected chi connectivity index (χ4v) is 2.43. The van der Waals surface area contributed by atoms with E-state index in [2.05, 4.69) is 15.9 Å². The molecule has 1 heterocycles. The highest BCUT2D eigenvalue weighted by molar-refractivity contribution is 9.10. The largest absolute Gasteiger partial charge is 0.339 e. The van der Waals surface area contributed by atoms with E-state index in [4.69, 9.17) is 5.73 Å². The van der Waals surface area contributed by atoms with Gasteiger partial charge in [0, 0.05) is 29.2 Å². The number of carbonyl (C=O) groups is 1. The highest BCUT2D eigenvalue weighted by Crippen LogP contribution is 2.18. The van der Waals surface area contributed by atoms with E-state index in [1.54, 1.807) is 11.0 Å². The van der Waals surface area contributed by atoms with Crippen LogP contribution in [-0.4, -0.2) is 29.9 Å². The Kier molecular flexibility index (Phi) is 3.79. The SMILES string of the molecule is NC1CCN(C(=O)c2cc(F)cc(Br)c2)CC1. The predicted octanol–water partition coefficient (Wildman–Crippen LogP) is 2.15. The van der Waals surface area contributed by atoms with E-state index < -0.39 is 5.82 Å². The van der Waals surface area contributed by atoms with Gasteiger partial charge in [0.25, 0.3) is 5.91 Å². The maximum atomic E-state index is 13.2. The maximum Gasteiger partial charge on any atom is 0.253 e. The number of nitrogens with zero attached hydrogens (tertiary/aromatic N) is 1. The van der Waals surface area contributed by atoms with E-state index in [0.29, 0.717) is 23.1 Å². The van der Waals surface area contributed by atoms with Gasteiger partial charge in [-0.25, -0.2) is 4.39 Å². The zero-order chi connectivity index (χ0) is 12.4. The molecule has 0 saturated carbocycles. The second-order valence-electron chi connectivity index (χ2n) is 4.29. The minimum absolute atomic E-state index is 0.128. The minimum atomic E-state index is -0.406. The third kappa shape index (κ3) is 3.04. The Morgan fingerprint density at radius 1 is 1.35 bits per heavy atom. The van der Waals surface area contributed by atoms with E-state index in [1.165, 1.54) is 12.1 Å². The van der Waals surface area contributed by atoms with Gasteiger partial charge in [-0.15, -0.1) is 0 Å². The molecule has 1 amide bonds. The van der Waals surface area contributed by atoms with Crippen LogP contribution >= 0.6 is 15.9 Å². The molecule has 1 fully saturated rings. The second-order valence-corrected chi connectivity index (χ2v) is 5.20. The molecule has 3 nitrogen and oxygen atoms in total. The molecule has 92 valence electrons. The number of hydrogen-bond donors (Lipinski definition) is 1. The first-order valence-corrected chi connectivity index (χ1v) is 6.36. The molecule has 1 aromatic carbocycles. The number of piperidine rings is 1. The quantitative estimate of drug-likeness (QED) is 0.864. The van der Waals surface area contributed by atoms with Gasteiger partial charge < -0.3 is 10.6 Å². The van der Waals surface area contributed by atoms with Gasteiger partial charge in [0.05, 0.1) is 0 Å². The van der Waals surface area contributed by atoms with Gasteiger partial charge in [-0.3, -0.25) is 4.79 Å². The lowest BCUT2D eigenvalue weighted by Crippen LogP contribution is -2.42. The first kappa shape index (κ1) is 12.5. The van der Waals surface area contributed by atoms with Crippen LogP contribution in [0.1, 0.15) is 23.2 Å². The summed E-state index contributed by atoms with van der Waals surface area (Å²) in [7, 11) is 0. The van der Waals surface area contributed by atoms with Crippen molar-refractivity contribution in [3.05, 3.63) is 34.1 Å². The fraction of sp³-hybridized carbons (Fsp3) is 0.417. The van der Waals surface area contributed by atoms with E-state index in [1.807, 2.05) is 0 Å². The van der Waals surface area contributed by atoms with Crippen molar-refractivity contribution in [1.29, 1.82) is 0 Å². The standard InChI is InChI=1S/C12H14BrFN2O/c13-9-5-8(6-10(14)7-9)12(17)16-3-1-11(15)2-4-16/h5-7,11H,1-4,15H2.